The van der Waals surface area contributed by atoms with Crippen molar-refractivity contribution in [2.24, 2.45) is 0 Å². The van der Waals surface area contributed by atoms with Gasteiger partial charge in [-0.15, -0.1) is 0 Å². The number of aryl methyl sites for hydroxylation is 1. The van der Waals surface area contributed by atoms with Crippen molar-refractivity contribution in [3.05, 3.63) is 35.5 Å². The number of fused-ring (bicyclic) bond motifs is 1. The van der Waals surface area contributed by atoms with E-state index >= 15 is 0 Å². The zero-order valence-electron chi connectivity index (χ0n) is 12.5. The molecule has 1 aliphatic rings. The predicted molar refractivity (Wildman–Crippen MR) is 85.3 cm³/mol. The van der Waals surface area contributed by atoms with E-state index in [2.05, 4.69) is 34.7 Å². The van der Waals surface area contributed by atoms with Crippen LogP contribution in [-0.4, -0.2) is 17.1 Å². The highest BCUT2D eigenvalue weighted by Gasteiger charge is 2.16. The van der Waals surface area contributed by atoms with E-state index in [0.29, 0.717) is 12.6 Å². The van der Waals surface area contributed by atoms with Crippen molar-refractivity contribution in [2.45, 2.75) is 51.6 Å². The highest BCUT2D eigenvalue weighted by molar-refractivity contribution is 5.85. The summed E-state index contributed by atoms with van der Waals surface area (Å²) in [7, 11) is 0. The van der Waals surface area contributed by atoms with Crippen molar-refractivity contribution in [1.29, 1.82) is 0 Å². The summed E-state index contributed by atoms with van der Waals surface area (Å²) < 4.78 is 0. The van der Waals surface area contributed by atoms with E-state index < -0.39 is 0 Å². The number of benzene rings is 1. The number of nitrogens with one attached hydrogen (secondary N) is 3. The van der Waals surface area contributed by atoms with Gasteiger partial charge in [-0.2, -0.15) is 0 Å². The number of rotatable bonds is 3. The van der Waals surface area contributed by atoms with Crippen LogP contribution < -0.4 is 10.6 Å². The van der Waals surface area contributed by atoms with Gasteiger partial charge in [-0.25, -0.2) is 4.79 Å². The van der Waals surface area contributed by atoms with Crippen molar-refractivity contribution in [3.63, 3.8) is 0 Å². The Hall–Kier alpha value is -1.97. The van der Waals surface area contributed by atoms with E-state index in [0.717, 1.165) is 24.1 Å². The summed E-state index contributed by atoms with van der Waals surface area (Å²) in [5.74, 6) is 0. The minimum atomic E-state index is -0.0495. The molecular weight excluding hydrogens is 262 g/mol. The maximum Gasteiger partial charge on any atom is 0.315 e. The first-order valence-electron chi connectivity index (χ1n) is 7.84. The first kappa shape index (κ1) is 14.0. The van der Waals surface area contributed by atoms with Crippen molar-refractivity contribution in [3.8, 4) is 0 Å². The number of hydrogen-bond donors (Lipinski definition) is 3. The highest BCUT2D eigenvalue weighted by atomic mass is 16.2. The van der Waals surface area contributed by atoms with Crippen molar-refractivity contribution in [2.75, 3.05) is 0 Å². The molecule has 4 heteroatoms. The van der Waals surface area contributed by atoms with Crippen LogP contribution >= 0.6 is 0 Å². The topological polar surface area (TPSA) is 56.9 Å². The summed E-state index contributed by atoms with van der Waals surface area (Å²) in [6.07, 6.45) is 5.98. The lowest BCUT2D eigenvalue weighted by atomic mass is 9.96. The molecule has 0 aliphatic heterocycles. The molecule has 21 heavy (non-hydrogen) atoms. The van der Waals surface area contributed by atoms with E-state index in [1.165, 1.54) is 30.2 Å². The van der Waals surface area contributed by atoms with Gasteiger partial charge in [0.15, 0.2) is 0 Å². The van der Waals surface area contributed by atoms with Crippen molar-refractivity contribution >= 4 is 16.9 Å². The molecule has 1 heterocycles. The monoisotopic (exact) mass is 285 g/mol. The Labute approximate surface area is 125 Å². The van der Waals surface area contributed by atoms with E-state index in [4.69, 9.17) is 0 Å². The standard InChI is InChI=1S/C17H23N3O/c1-12-15(14-9-5-6-10-16(14)19-12)11-18-17(21)20-13-7-3-2-4-8-13/h5-6,9-10,13,19H,2-4,7-8,11H2,1H3,(H2,18,20,21). The zero-order valence-corrected chi connectivity index (χ0v) is 12.5. The lowest BCUT2D eigenvalue weighted by Gasteiger charge is -2.22. The molecule has 1 saturated carbocycles. The molecule has 0 saturated heterocycles. The quantitative estimate of drug-likeness (QED) is 0.792. The number of urea groups is 1. The predicted octanol–water partition coefficient (Wildman–Crippen LogP) is 3.61. The maximum atomic E-state index is 12.0. The van der Waals surface area contributed by atoms with E-state index in [-0.39, 0.29) is 6.03 Å². The first-order valence-corrected chi connectivity index (χ1v) is 7.84. The van der Waals surface area contributed by atoms with Gasteiger partial charge in [0.1, 0.15) is 0 Å². The lowest BCUT2D eigenvalue weighted by molar-refractivity contribution is 0.232. The number of hydrogen-bond acceptors (Lipinski definition) is 1. The second-order valence-corrected chi connectivity index (χ2v) is 5.94. The van der Waals surface area contributed by atoms with Gasteiger partial charge in [0.2, 0.25) is 0 Å². The molecule has 0 radical (unpaired) electrons. The summed E-state index contributed by atoms with van der Waals surface area (Å²) in [5.41, 5.74) is 3.41. The van der Waals surface area contributed by atoms with Gasteiger partial charge < -0.3 is 15.6 Å². The molecule has 1 aliphatic carbocycles. The van der Waals surface area contributed by atoms with Gasteiger partial charge in [0, 0.05) is 29.2 Å². The Morgan fingerprint density at radius 3 is 2.81 bits per heavy atom. The summed E-state index contributed by atoms with van der Waals surface area (Å²) >= 11 is 0. The van der Waals surface area contributed by atoms with Crippen LogP contribution in [-0.2, 0) is 6.54 Å². The Morgan fingerprint density at radius 2 is 2.00 bits per heavy atom. The summed E-state index contributed by atoms with van der Waals surface area (Å²) in [6.45, 7) is 2.62. The second kappa shape index (κ2) is 6.20. The number of carbonyl (C=O) groups is 1. The normalized spacial score (nSPS) is 16.0. The van der Waals surface area contributed by atoms with Gasteiger partial charge in [-0.1, -0.05) is 37.5 Å². The number of H-pyrrole nitrogens is 1. The average molecular weight is 285 g/mol. The van der Waals surface area contributed by atoms with Crippen LogP contribution in [0.2, 0.25) is 0 Å². The summed E-state index contributed by atoms with van der Waals surface area (Å²) in [6, 6.07) is 8.50. The molecule has 1 aromatic heterocycles. The minimum Gasteiger partial charge on any atom is -0.358 e. The third kappa shape index (κ3) is 3.20. The van der Waals surface area contributed by atoms with Gasteiger partial charge in [0.05, 0.1) is 0 Å². The molecular formula is C17H23N3O. The summed E-state index contributed by atoms with van der Waals surface area (Å²) in [5, 5.41) is 7.27. The lowest BCUT2D eigenvalue weighted by Crippen LogP contribution is -2.42. The number of para-hydroxylation sites is 1. The molecule has 3 N–H and O–H groups in total. The Balaban J connectivity index is 1.60. The molecule has 1 aromatic carbocycles. The smallest absolute Gasteiger partial charge is 0.315 e. The second-order valence-electron chi connectivity index (χ2n) is 5.94. The molecule has 0 bridgehead atoms. The molecule has 2 amide bonds. The fourth-order valence-corrected chi connectivity index (χ4v) is 3.21. The van der Waals surface area contributed by atoms with E-state index in [9.17, 15) is 4.79 Å². The molecule has 0 unspecified atom stereocenters. The number of aromatic amines is 1. The largest absolute Gasteiger partial charge is 0.358 e. The van der Waals surface area contributed by atoms with Crippen LogP contribution in [0, 0.1) is 6.92 Å². The highest BCUT2D eigenvalue weighted by Crippen LogP contribution is 2.21. The maximum absolute atomic E-state index is 12.0. The Bertz CT molecular complexity index is 626. The molecule has 4 nitrogen and oxygen atoms in total. The van der Waals surface area contributed by atoms with E-state index in [1.807, 2.05) is 12.1 Å². The van der Waals surface area contributed by atoms with Crippen LogP contribution in [0.5, 0.6) is 0 Å². The molecule has 2 aromatic rings. The molecule has 0 atom stereocenters. The average Bonchev–Trinajstić information content (AvgIpc) is 2.81. The number of amides is 2. The van der Waals surface area contributed by atoms with Gasteiger partial charge in [-0.05, 0) is 31.4 Å². The fourth-order valence-electron chi connectivity index (χ4n) is 3.21. The van der Waals surface area contributed by atoms with Crippen molar-refractivity contribution < 1.29 is 4.79 Å². The third-order valence-corrected chi connectivity index (χ3v) is 4.39. The van der Waals surface area contributed by atoms with Gasteiger partial charge in [-0.3, -0.25) is 0 Å². The van der Waals surface area contributed by atoms with Crippen LogP contribution in [0.15, 0.2) is 24.3 Å². The molecule has 3 rings (SSSR count). The molecule has 1 fully saturated rings. The minimum absolute atomic E-state index is 0.0495. The van der Waals surface area contributed by atoms with Crippen LogP contribution in [0.4, 0.5) is 4.79 Å². The summed E-state index contributed by atoms with van der Waals surface area (Å²) in [4.78, 5) is 15.4. The SMILES string of the molecule is Cc1[nH]c2ccccc2c1CNC(=O)NC1CCCCC1. The van der Waals surface area contributed by atoms with Gasteiger partial charge in [0.25, 0.3) is 0 Å². The first-order chi connectivity index (χ1) is 10.2. The molecule has 112 valence electrons. The van der Waals surface area contributed by atoms with Crippen molar-refractivity contribution in [1.82, 2.24) is 15.6 Å². The zero-order chi connectivity index (χ0) is 14.7. The van der Waals surface area contributed by atoms with Gasteiger partial charge >= 0.3 is 6.03 Å². The van der Waals surface area contributed by atoms with Crippen LogP contribution in [0.1, 0.15) is 43.4 Å². The number of carbonyl (C=O) groups excluding carboxylic acids is 1. The number of aromatic nitrogens is 1. The van der Waals surface area contributed by atoms with E-state index in [1.54, 1.807) is 0 Å². The Kier molecular flexibility index (Phi) is 4.13. The fraction of sp³-hybridized carbons (Fsp3) is 0.471. The molecule has 0 spiro atoms. The van der Waals surface area contributed by atoms with Crippen LogP contribution in [0.25, 0.3) is 10.9 Å². The third-order valence-electron chi connectivity index (χ3n) is 4.39. The van der Waals surface area contributed by atoms with Crippen LogP contribution in [0.3, 0.4) is 0 Å². The Morgan fingerprint density at radius 1 is 1.24 bits per heavy atom.